The predicted molar refractivity (Wildman–Crippen MR) is 77.6 cm³/mol. The first-order valence-electron chi connectivity index (χ1n) is 7.06. The van der Waals surface area contributed by atoms with Crippen LogP contribution < -0.4 is 0 Å². The first-order chi connectivity index (χ1) is 11.5. The third kappa shape index (κ3) is 4.28. The van der Waals surface area contributed by atoms with Crippen LogP contribution in [0.2, 0.25) is 0 Å². The van der Waals surface area contributed by atoms with Gasteiger partial charge in [-0.05, 0) is 6.92 Å². The smallest absolute Gasteiger partial charge is 0.330 e. The van der Waals surface area contributed by atoms with E-state index in [1.165, 1.54) is 6.92 Å². The van der Waals surface area contributed by atoms with E-state index in [1.807, 2.05) is 0 Å². The minimum absolute atomic E-state index is 0.134. The van der Waals surface area contributed by atoms with Gasteiger partial charge < -0.3 is 4.84 Å². The Morgan fingerprint density at radius 2 is 1.96 bits per heavy atom. The second-order valence-corrected chi connectivity index (χ2v) is 7.01. The summed E-state index contributed by atoms with van der Waals surface area (Å²) in [6.07, 6.45) is 0.123. The van der Waals surface area contributed by atoms with Crippen LogP contribution in [0.5, 0.6) is 0 Å². The molecule has 1 atom stereocenters. The Kier molecular flexibility index (Phi) is 5.04. The highest BCUT2D eigenvalue weighted by Crippen LogP contribution is 2.22. The number of amides is 4. The van der Waals surface area contributed by atoms with E-state index in [-0.39, 0.29) is 17.2 Å². The van der Waals surface area contributed by atoms with Gasteiger partial charge in [0.2, 0.25) is 0 Å². The molecule has 2 aliphatic heterocycles. The van der Waals surface area contributed by atoms with Crippen molar-refractivity contribution < 1.29 is 41.8 Å². The number of carbonyl (C=O) groups excluding carboxylic acids is 5. The largest absolute Gasteiger partial charge is 0.335 e. The summed E-state index contributed by atoms with van der Waals surface area (Å²) in [4.78, 5) is 63.8. The van der Waals surface area contributed by atoms with Crippen LogP contribution in [-0.4, -0.2) is 64.8 Å². The number of nitrogens with zero attached hydrogens (tertiary/aromatic N) is 2. The first-order valence-corrected chi connectivity index (χ1v) is 8.67. The molecule has 25 heavy (non-hydrogen) atoms. The Bertz CT molecular complexity index is 798. The van der Waals surface area contributed by atoms with Gasteiger partial charge in [-0.15, -0.1) is 5.06 Å². The van der Waals surface area contributed by atoms with Crippen molar-refractivity contribution in [1.29, 1.82) is 0 Å². The maximum Gasteiger partial charge on any atom is 0.335 e. The molecule has 0 aliphatic carbocycles. The average Bonchev–Trinajstić information content (AvgIpc) is 2.86. The molecule has 136 valence electrons. The summed E-state index contributed by atoms with van der Waals surface area (Å²) in [5.74, 6) is -6.51. The fraction of sp³-hybridized carbons (Fsp3) is 0.462. The second kappa shape index (κ2) is 6.72. The van der Waals surface area contributed by atoms with Gasteiger partial charge in [0.25, 0.3) is 33.7 Å². The van der Waals surface area contributed by atoms with E-state index < -0.39 is 64.2 Å². The van der Waals surface area contributed by atoms with Gasteiger partial charge in [-0.25, -0.2) is 4.79 Å². The standard InChI is InChI=1S/C13H14N2O9S/c1-7-4-9(16)14(12(7)19)3-2-11(18)24-15-10(17)5-8(13(15)20)6-25(21,22)23/h4,8H,2-3,5-6H2,1H3,(H,21,22,23). The molecular formula is C13H14N2O9S. The van der Waals surface area contributed by atoms with Crippen LogP contribution in [0.3, 0.4) is 0 Å². The summed E-state index contributed by atoms with van der Waals surface area (Å²) in [5, 5.41) is 0.134. The molecular weight excluding hydrogens is 360 g/mol. The van der Waals surface area contributed by atoms with E-state index in [2.05, 4.69) is 4.84 Å². The van der Waals surface area contributed by atoms with Crippen LogP contribution in [0.15, 0.2) is 11.6 Å². The first kappa shape index (κ1) is 18.7. The number of rotatable bonds is 6. The van der Waals surface area contributed by atoms with Crippen LogP contribution in [0.4, 0.5) is 0 Å². The Morgan fingerprint density at radius 3 is 2.48 bits per heavy atom. The summed E-state index contributed by atoms with van der Waals surface area (Å²) in [7, 11) is -4.48. The highest BCUT2D eigenvalue weighted by Gasteiger charge is 2.43. The maximum atomic E-state index is 11.9. The normalized spacial score (nSPS) is 21.2. The van der Waals surface area contributed by atoms with Crippen molar-refractivity contribution in [2.24, 2.45) is 5.92 Å². The molecule has 1 saturated heterocycles. The minimum Gasteiger partial charge on any atom is -0.330 e. The fourth-order valence-electron chi connectivity index (χ4n) is 2.35. The lowest BCUT2D eigenvalue weighted by Crippen LogP contribution is -2.37. The number of hydrogen-bond acceptors (Lipinski definition) is 8. The minimum atomic E-state index is -4.48. The molecule has 0 bridgehead atoms. The Morgan fingerprint density at radius 1 is 1.32 bits per heavy atom. The zero-order valence-corrected chi connectivity index (χ0v) is 13.8. The lowest BCUT2D eigenvalue weighted by Gasteiger charge is -2.16. The molecule has 1 unspecified atom stereocenters. The van der Waals surface area contributed by atoms with Crippen LogP contribution in [-0.2, 0) is 38.9 Å². The van der Waals surface area contributed by atoms with Crippen molar-refractivity contribution in [2.75, 3.05) is 12.3 Å². The van der Waals surface area contributed by atoms with Crippen molar-refractivity contribution in [3.63, 3.8) is 0 Å². The van der Waals surface area contributed by atoms with Gasteiger partial charge in [-0.3, -0.25) is 28.6 Å². The molecule has 0 spiro atoms. The summed E-state index contributed by atoms with van der Waals surface area (Å²) >= 11 is 0. The molecule has 4 amide bonds. The molecule has 1 N–H and O–H groups in total. The maximum absolute atomic E-state index is 11.9. The quantitative estimate of drug-likeness (QED) is 0.428. The van der Waals surface area contributed by atoms with Crippen LogP contribution >= 0.6 is 0 Å². The monoisotopic (exact) mass is 374 g/mol. The van der Waals surface area contributed by atoms with E-state index >= 15 is 0 Å². The Balaban J connectivity index is 1.90. The lowest BCUT2D eigenvalue weighted by molar-refractivity contribution is -0.198. The number of carbonyl (C=O) groups is 5. The third-order valence-corrected chi connectivity index (χ3v) is 4.35. The van der Waals surface area contributed by atoms with Gasteiger partial charge in [-0.1, -0.05) is 0 Å². The summed E-state index contributed by atoms with van der Waals surface area (Å²) in [5.41, 5.74) is 0.219. The van der Waals surface area contributed by atoms with Gasteiger partial charge in [-0.2, -0.15) is 8.42 Å². The molecule has 2 heterocycles. The van der Waals surface area contributed by atoms with E-state index in [0.29, 0.717) is 0 Å². The van der Waals surface area contributed by atoms with Crippen LogP contribution in [0.25, 0.3) is 0 Å². The van der Waals surface area contributed by atoms with Gasteiger partial charge in [0, 0.05) is 24.6 Å². The van der Waals surface area contributed by atoms with Crippen LogP contribution in [0.1, 0.15) is 19.8 Å². The molecule has 0 radical (unpaired) electrons. The molecule has 0 saturated carbocycles. The number of hydrogen-bond donors (Lipinski definition) is 1. The van der Waals surface area contributed by atoms with Gasteiger partial charge in [0.15, 0.2) is 0 Å². The number of imide groups is 2. The lowest BCUT2D eigenvalue weighted by atomic mass is 10.1. The molecule has 2 aliphatic rings. The Hall–Kier alpha value is -2.60. The van der Waals surface area contributed by atoms with Gasteiger partial charge in [0.05, 0.1) is 18.1 Å². The zero-order valence-electron chi connectivity index (χ0n) is 13.0. The Labute approximate surface area is 141 Å². The summed E-state index contributed by atoms with van der Waals surface area (Å²) in [6.45, 7) is 1.14. The van der Waals surface area contributed by atoms with E-state index in [0.717, 1.165) is 11.0 Å². The second-order valence-electron chi connectivity index (χ2n) is 5.51. The van der Waals surface area contributed by atoms with Crippen molar-refractivity contribution in [1.82, 2.24) is 9.96 Å². The van der Waals surface area contributed by atoms with Gasteiger partial charge in [0.1, 0.15) is 0 Å². The van der Waals surface area contributed by atoms with E-state index in [9.17, 15) is 32.4 Å². The SMILES string of the molecule is CC1=CC(=O)N(CCC(=O)ON2C(=O)CC(CS(=O)(=O)O)C2=O)C1=O. The van der Waals surface area contributed by atoms with Gasteiger partial charge >= 0.3 is 5.97 Å². The molecule has 2 rings (SSSR count). The van der Waals surface area contributed by atoms with E-state index in [1.54, 1.807) is 0 Å². The van der Waals surface area contributed by atoms with Crippen molar-refractivity contribution in [3.05, 3.63) is 11.6 Å². The average molecular weight is 374 g/mol. The van der Waals surface area contributed by atoms with Crippen molar-refractivity contribution in [2.45, 2.75) is 19.8 Å². The van der Waals surface area contributed by atoms with Crippen molar-refractivity contribution in [3.8, 4) is 0 Å². The molecule has 11 nitrogen and oxygen atoms in total. The zero-order chi connectivity index (χ0) is 18.9. The highest BCUT2D eigenvalue weighted by molar-refractivity contribution is 7.85. The summed E-state index contributed by atoms with van der Waals surface area (Å²) in [6, 6.07) is 0. The molecule has 0 aromatic carbocycles. The van der Waals surface area contributed by atoms with Crippen LogP contribution in [0, 0.1) is 5.92 Å². The molecule has 0 aromatic heterocycles. The molecule has 12 heteroatoms. The summed E-state index contributed by atoms with van der Waals surface area (Å²) < 4.78 is 30.3. The molecule has 0 aromatic rings. The van der Waals surface area contributed by atoms with Crippen molar-refractivity contribution >= 4 is 39.7 Å². The number of hydroxylamine groups is 2. The fourth-order valence-corrected chi connectivity index (χ4v) is 3.12. The predicted octanol–water partition coefficient (Wildman–Crippen LogP) is -1.59. The highest BCUT2D eigenvalue weighted by atomic mass is 32.2. The molecule has 1 fully saturated rings. The third-order valence-electron chi connectivity index (χ3n) is 3.53. The van der Waals surface area contributed by atoms with E-state index in [4.69, 9.17) is 4.55 Å². The topological polar surface area (TPSA) is 155 Å².